The number of aliphatic hydroxyl groups excluding tert-OH is 1. The third kappa shape index (κ3) is 59.5. The second-order valence-electron chi connectivity index (χ2n) is 25.5. The van der Waals surface area contributed by atoms with Gasteiger partial charge in [-0.05, 0) is 49.4 Å². The number of aliphatic hydroxyl groups is 1. The van der Waals surface area contributed by atoms with Gasteiger partial charge in [-0.3, -0.25) is 37.3 Å². The lowest BCUT2D eigenvalue weighted by atomic mass is 10.00. The van der Waals surface area contributed by atoms with Crippen LogP contribution >= 0.6 is 15.6 Å². The number of carbonyl (C=O) groups excluding carboxylic acids is 4. The molecule has 17 nitrogen and oxygen atoms in total. The van der Waals surface area contributed by atoms with E-state index < -0.39 is 97.5 Å². The van der Waals surface area contributed by atoms with E-state index in [2.05, 4.69) is 55.4 Å². The van der Waals surface area contributed by atoms with Crippen molar-refractivity contribution < 1.29 is 80.2 Å². The van der Waals surface area contributed by atoms with Crippen molar-refractivity contribution in [3.05, 3.63) is 0 Å². The zero-order chi connectivity index (χ0) is 63.2. The van der Waals surface area contributed by atoms with Crippen molar-refractivity contribution in [2.45, 2.75) is 337 Å². The van der Waals surface area contributed by atoms with Gasteiger partial charge in [0.05, 0.1) is 26.4 Å². The van der Waals surface area contributed by atoms with Crippen LogP contribution in [0.4, 0.5) is 0 Å². The molecule has 0 aliphatic heterocycles. The second-order valence-corrected chi connectivity index (χ2v) is 28.4. The average molecular weight is 1260 g/mol. The van der Waals surface area contributed by atoms with Crippen LogP contribution in [-0.2, 0) is 65.4 Å². The molecule has 0 saturated carbocycles. The standard InChI is InChI=1S/C66H128O17P2/c1-9-59(8)45-37-29-23-25-31-39-47-64(69)77-53-62(83-66(71)49-41-33-21-17-16-19-27-35-43-57(4)5)55-81-85(74,75)79-51-60(67)50-78-84(72,73)80-54-61(52-76-63(68)46-38-30-24-22-28-36-44-58(6)7)82-65(70)48-40-32-20-15-13-11-10-12-14-18-26-34-42-56(2)3/h56-62,67H,9-55H2,1-8H3,(H,72,73)(H,74,75)/t59?,60-,61+,62+/m0/s1. The number of rotatable bonds is 63. The monoisotopic (exact) mass is 1250 g/mol. The highest BCUT2D eigenvalue weighted by atomic mass is 31.2. The molecule has 0 aromatic rings. The van der Waals surface area contributed by atoms with Gasteiger partial charge in [0.15, 0.2) is 12.2 Å². The quantitative estimate of drug-likeness (QED) is 0.0222. The zero-order valence-corrected chi connectivity index (χ0v) is 57.0. The van der Waals surface area contributed by atoms with Gasteiger partial charge in [0, 0.05) is 25.7 Å². The molecular formula is C66H128O17P2. The van der Waals surface area contributed by atoms with Crippen molar-refractivity contribution >= 4 is 39.5 Å². The van der Waals surface area contributed by atoms with E-state index in [0.29, 0.717) is 31.6 Å². The Balaban J connectivity index is 5.24. The maximum Gasteiger partial charge on any atom is 0.472 e. The van der Waals surface area contributed by atoms with Gasteiger partial charge in [-0.15, -0.1) is 0 Å². The van der Waals surface area contributed by atoms with Gasteiger partial charge in [-0.1, -0.05) is 267 Å². The lowest BCUT2D eigenvalue weighted by molar-refractivity contribution is -0.161. The Kier molecular flexibility index (Phi) is 54.8. The predicted octanol–water partition coefficient (Wildman–Crippen LogP) is 18.1. The van der Waals surface area contributed by atoms with E-state index in [1.165, 1.54) is 109 Å². The molecule has 0 saturated heterocycles. The van der Waals surface area contributed by atoms with Crippen LogP contribution in [0.3, 0.4) is 0 Å². The molecular weight excluding hydrogens is 1130 g/mol. The van der Waals surface area contributed by atoms with Crippen molar-refractivity contribution in [3.8, 4) is 0 Å². The number of unbranched alkanes of at least 4 members (excludes halogenated alkanes) is 28. The minimum Gasteiger partial charge on any atom is -0.462 e. The fourth-order valence-electron chi connectivity index (χ4n) is 9.75. The van der Waals surface area contributed by atoms with Crippen molar-refractivity contribution in [2.24, 2.45) is 23.7 Å². The molecule has 0 rings (SSSR count). The number of phosphoric acid groups is 2. The summed E-state index contributed by atoms with van der Waals surface area (Å²) in [5, 5.41) is 10.5. The molecule has 19 heteroatoms. The summed E-state index contributed by atoms with van der Waals surface area (Å²) in [5.74, 6) is 0.766. The molecule has 3 N–H and O–H groups in total. The number of carbonyl (C=O) groups is 4. The molecule has 0 fully saturated rings. The first-order valence-corrected chi connectivity index (χ1v) is 37.2. The summed E-state index contributed by atoms with van der Waals surface area (Å²) in [6.45, 7) is 14.0. The SMILES string of the molecule is CCC(C)CCCCCCCCC(=O)OC[C@H](COP(=O)(O)OC[C@@H](O)COP(=O)(O)OC[C@@H](COC(=O)CCCCCCCCC(C)C)OC(=O)CCCCCCCCCCCCCCC(C)C)OC(=O)CCCCCCCCCCC(C)C. The van der Waals surface area contributed by atoms with E-state index in [4.69, 9.17) is 37.0 Å². The number of ether oxygens (including phenoxy) is 4. The van der Waals surface area contributed by atoms with E-state index in [9.17, 15) is 43.2 Å². The number of hydrogen-bond donors (Lipinski definition) is 3. The average Bonchev–Trinajstić information content (AvgIpc) is 3.54. The number of esters is 4. The number of phosphoric ester groups is 2. The van der Waals surface area contributed by atoms with Crippen LogP contribution in [0.25, 0.3) is 0 Å². The van der Waals surface area contributed by atoms with Gasteiger partial charge in [0.25, 0.3) is 0 Å². The molecule has 0 aromatic heterocycles. The van der Waals surface area contributed by atoms with Crippen molar-refractivity contribution in [1.29, 1.82) is 0 Å². The summed E-state index contributed by atoms with van der Waals surface area (Å²) in [6, 6.07) is 0. The Bertz CT molecular complexity index is 1700. The number of hydrogen-bond acceptors (Lipinski definition) is 15. The zero-order valence-electron chi connectivity index (χ0n) is 55.2. The largest absolute Gasteiger partial charge is 0.472 e. The molecule has 0 radical (unpaired) electrons. The minimum absolute atomic E-state index is 0.103. The Morgan fingerprint density at radius 1 is 0.329 bits per heavy atom. The lowest BCUT2D eigenvalue weighted by Gasteiger charge is -2.21. The smallest absolute Gasteiger partial charge is 0.462 e. The van der Waals surface area contributed by atoms with E-state index in [-0.39, 0.29) is 25.7 Å². The lowest BCUT2D eigenvalue weighted by Crippen LogP contribution is -2.30. The van der Waals surface area contributed by atoms with E-state index >= 15 is 0 Å². The Morgan fingerprint density at radius 3 is 0.835 bits per heavy atom. The Labute approximate surface area is 517 Å². The first kappa shape index (κ1) is 83.1. The Morgan fingerprint density at radius 2 is 0.565 bits per heavy atom. The molecule has 6 atom stereocenters. The second kappa shape index (κ2) is 56.1. The van der Waals surface area contributed by atoms with Crippen LogP contribution in [0.15, 0.2) is 0 Å². The predicted molar refractivity (Wildman–Crippen MR) is 340 cm³/mol. The summed E-state index contributed by atoms with van der Waals surface area (Å²) in [6.07, 6.45) is 36.4. The molecule has 85 heavy (non-hydrogen) atoms. The third-order valence-corrected chi connectivity index (χ3v) is 17.3. The first-order valence-electron chi connectivity index (χ1n) is 34.2. The van der Waals surface area contributed by atoms with E-state index in [1.807, 2.05) is 0 Å². The van der Waals surface area contributed by atoms with Crippen LogP contribution in [0, 0.1) is 23.7 Å². The van der Waals surface area contributed by atoms with E-state index in [0.717, 1.165) is 120 Å². The van der Waals surface area contributed by atoms with Gasteiger partial charge in [-0.2, -0.15) is 0 Å². The maximum absolute atomic E-state index is 13.0. The highest BCUT2D eigenvalue weighted by Gasteiger charge is 2.30. The van der Waals surface area contributed by atoms with Gasteiger partial charge in [-0.25, -0.2) is 9.13 Å². The normalized spacial score (nSPS) is 14.7. The minimum atomic E-state index is -4.95. The molecule has 0 aromatic carbocycles. The highest BCUT2D eigenvalue weighted by molar-refractivity contribution is 7.47. The highest BCUT2D eigenvalue weighted by Crippen LogP contribution is 2.45. The van der Waals surface area contributed by atoms with Crippen molar-refractivity contribution in [1.82, 2.24) is 0 Å². The molecule has 0 aliphatic rings. The van der Waals surface area contributed by atoms with Crippen LogP contribution < -0.4 is 0 Å². The molecule has 0 aliphatic carbocycles. The van der Waals surface area contributed by atoms with Crippen LogP contribution in [0.2, 0.25) is 0 Å². The van der Waals surface area contributed by atoms with Gasteiger partial charge < -0.3 is 33.8 Å². The molecule has 0 heterocycles. The van der Waals surface area contributed by atoms with Crippen LogP contribution in [0.5, 0.6) is 0 Å². The summed E-state index contributed by atoms with van der Waals surface area (Å²) in [4.78, 5) is 72.3. The van der Waals surface area contributed by atoms with Gasteiger partial charge in [0.1, 0.15) is 19.3 Å². The molecule has 0 amide bonds. The van der Waals surface area contributed by atoms with Crippen LogP contribution in [0.1, 0.15) is 319 Å². The molecule has 0 bridgehead atoms. The van der Waals surface area contributed by atoms with Crippen LogP contribution in [-0.4, -0.2) is 96.7 Å². The Hall–Kier alpha value is -1.94. The third-order valence-electron chi connectivity index (χ3n) is 15.4. The van der Waals surface area contributed by atoms with Gasteiger partial charge >= 0.3 is 39.5 Å². The summed E-state index contributed by atoms with van der Waals surface area (Å²) >= 11 is 0. The summed E-state index contributed by atoms with van der Waals surface area (Å²) < 4.78 is 68.1. The van der Waals surface area contributed by atoms with Crippen molar-refractivity contribution in [2.75, 3.05) is 39.6 Å². The summed E-state index contributed by atoms with van der Waals surface area (Å²) in [7, 11) is -9.89. The van der Waals surface area contributed by atoms with Crippen molar-refractivity contribution in [3.63, 3.8) is 0 Å². The first-order chi connectivity index (χ1) is 40.6. The van der Waals surface area contributed by atoms with E-state index in [1.54, 1.807) is 0 Å². The molecule has 504 valence electrons. The fraction of sp³-hybridized carbons (Fsp3) is 0.939. The fourth-order valence-corrected chi connectivity index (χ4v) is 11.3. The molecule has 0 spiro atoms. The maximum atomic E-state index is 13.0. The summed E-state index contributed by atoms with van der Waals surface area (Å²) in [5.41, 5.74) is 0. The topological polar surface area (TPSA) is 237 Å². The molecule has 3 unspecified atom stereocenters. The van der Waals surface area contributed by atoms with Gasteiger partial charge in [0.2, 0.25) is 0 Å².